The summed E-state index contributed by atoms with van der Waals surface area (Å²) in [6.07, 6.45) is -0.105. The minimum absolute atomic E-state index is 0.0193. The predicted molar refractivity (Wildman–Crippen MR) is 125 cm³/mol. The number of methoxy groups -OCH3 is 1. The second-order valence-corrected chi connectivity index (χ2v) is 9.67. The van der Waals surface area contributed by atoms with Crippen LogP contribution in [0.25, 0.3) is 0 Å². The molecule has 2 aromatic heterocycles. The van der Waals surface area contributed by atoms with Gasteiger partial charge in [0, 0.05) is 16.9 Å². The molecule has 7 nitrogen and oxygen atoms in total. The fourth-order valence-corrected chi connectivity index (χ4v) is 6.06. The zero-order chi connectivity index (χ0) is 24.7. The van der Waals surface area contributed by atoms with Crippen LogP contribution in [0.2, 0.25) is 0 Å². The van der Waals surface area contributed by atoms with Crippen molar-refractivity contribution in [2.24, 2.45) is 0 Å². The van der Waals surface area contributed by atoms with Crippen molar-refractivity contribution in [3.8, 4) is 11.8 Å². The molecular formula is C24H22F3N5O2S. The Morgan fingerprint density at radius 2 is 2.09 bits per heavy atom. The number of nitrogens with zero attached hydrogens (tertiary/aromatic N) is 3. The second kappa shape index (κ2) is 8.92. The zero-order valence-corrected chi connectivity index (χ0v) is 19.6. The smallest absolute Gasteiger partial charge is 0.410 e. The lowest BCUT2D eigenvalue weighted by Gasteiger charge is -2.34. The molecule has 0 bridgehead atoms. The molecule has 0 unspecified atom stereocenters. The van der Waals surface area contributed by atoms with Crippen LogP contribution in [0.15, 0.2) is 30.5 Å². The molecule has 5 rings (SSSR count). The number of hydrogen-bond donors (Lipinski definition) is 2. The average Bonchev–Trinajstić information content (AvgIpc) is 3.43. The summed E-state index contributed by atoms with van der Waals surface area (Å²) in [5, 5.41) is 19.9. The number of halogens is 3. The Balaban J connectivity index is 1.51. The van der Waals surface area contributed by atoms with E-state index in [0.29, 0.717) is 21.9 Å². The van der Waals surface area contributed by atoms with E-state index >= 15 is 0 Å². The van der Waals surface area contributed by atoms with Crippen LogP contribution < -0.4 is 15.4 Å². The zero-order valence-electron chi connectivity index (χ0n) is 18.8. The van der Waals surface area contributed by atoms with Gasteiger partial charge in [0.05, 0.1) is 24.9 Å². The van der Waals surface area contributed by atoms with Crippen molar-refractivity contribution in [3.05, 3.63) is 57.6 Å². The molecule has 1 amide bonds. The molecule has 35 heavy (non-hydrogen) atoms. The summed E-state index contributed by atoms with van der Waals surface area (Å²) in [4.78, 5) is 14.3. The molecule has 182 valence electrons. The Hall–Kier alpha value is -3.52. The molecule has 2 atom stereocenters. The SMILES string of the molecule is COc1ccccc1[C@H]1C[C@@H](C(F)(F)F)n2ncc(C(=O)Nc3sc4c(c3C#N)CCCC4)c2N1. The first-order valence-electron chi connectivity index (χ1n) is 11.2. The van der Waals surface area contributed by atoms with E-state index in [4.69, 9.17) is 4.74 Å². The molecule has 1 aliphatic carbocycles. The maximum atomic E-state index is 14.0. The third kappa shape index (κ3) is 4.12. The number of benzene rings is 1. The quantitative estimate of drug-likeness (QED) is 0.484. The van der Waals surface area contributed by atoms with E-state index in [1.165, 1.54) is 18.4 Å². The normalized spacial score (nSPS) is 19.2. The van der Waals surface area contributed by atoms with Crippen molar-refractivity contribution in [1.29, 1.82) is 5.26 Å². The Bertz CT molecular complexity index is 1320. The largest absolute Gasteiger partial charge is 0.496 e. The number of nitriles is 1. The van der Waals surface area contributed by atoms with Gasteiger partial charge in [-0.1, -0.05) is 18.2 Å². The van der Waals surface area contributed by atoms with Gasteiger partial charge < -0.3 is 15.4 Å². The van der Waals surface area contributed by atoms with Gasteiger partial charge in [-0.25, -0.2) is 4.68 Å². The van der Waals surface area contributed by atoms with Crippen molar-refractivity contribution in [2.75, 3.05) is 17.7 Å². The molecule has 2 N–H and O–H groups in total. The Kier molecular flexibility index (Phi) is 5.92. The maximum absolute atomic E-state index is 14.0. The molecule has 0 fully saturated rings. The van der Waals surface area contributed by atoms with Crippen molar-refractivity contribution in [3.63, 3.8) is 0 Å². The molecule has 1 aromatic carbocycles. The molecule has 1 aliphatic heterocycles. The number of thiophene rings is 1. The van der Waals surface area contributed by atoms with Gasteiger partial charge in [-0.3, -0.25) is 4.79 Å². The van der Waals surface area contributed by atoms with Crippen molar-refractivity contribution in [1.82, 2.24) is 9.78 Å². The van der Waals surface area contributed by atoms with Gasteiger partial charge in [-0.2, -0.15) is 23.5 Å². The van der Waals surface area contributed by atoms with Gasteiger partial charge in [0.1, 0.15) is 28.2 Å². The van der Waals surface area contributed by atoms with Crippen LogP contribution in [0.5, 0.6) is 5.75 Å². The topological polar surface area (TPSA) is 92.0 Å². The number of carbonyl (C=O) groups is 1. The number of ether oxygens (including phenoxy) is 1. The molecular weight excluding hydrogens is 479 g/mol. The van der Waals surface area contributed by atoms with Crippen LogP contribution in [0.3, 0.4) is 0 Å². The molecule has 11 heteroatoms. The molecule has 0 spiro atoms. The second-order valence-electron chi connectivity index (χ2n) is 8.56. The number of hydrogen-bond acceptors (Lipinski definition) is 6. The highest BCUT2D eigenvalue weighted by Gasteiger charge is 2.47. The monoisotopic (exact) mass is 501 g/mol. The summed E-state index contributed by atoms with van der Waals surface area (Å²) in [5.41, 5.74) is 1.93. The standard InChI is InChI=1S/C24H22F3N5O2S/c1-34-18-8-4-2-7-14(18)17-10-20(24(25,26)27)32-21(30-17)16(12-29-32)22(33)31-23-15(11-28)13-6-3-5-9-19(13)35-23/h2,4,7-8,12,17,20,30H,3,5-6,9-10H2,1H3,(H,31,33)/t17-,20+/m1/s1. The molecule has 0 radical (unpaired) electrons. The number of fused-ring (bicyclic) bond motifs is 2. The third-order valence-electron chi connectivity index (χ3n) is 6.51. The number of nitrogens with one attached hydrogen (secondary N) is 2. The fraction of sp³-hybridized carbons (Fsp3) is 0.375. The maximum Gasteiger partial charge on any atom is 0.410 e. The minimum Gasteiger partial charge on any atom is -0.496 e. The number of carbonyl (C=O) groups excluding carboxylic acids is 1. The van der Waals surface area contributed by atoms with Gasteiger partial charge in [0.15, 0.2) is 6.04 Å². The molecule has 3 aromatic rings. The first-order valence-corrected chi connectivity index (χ1v) is 12.0. The lowest BCUT2D eigenvalue weighted by Crippen LogP contribution is -2.36. The van der Waals surface area contributed by atoms with Crippen LogP contribution in [-0.4, -0.2) is 29.0 Å². The van der Waals surface area contributed by atoms with Gasteiger partial charge in [-0.15, -0.1) is 11.3 Å². The summed E-state index contributed by atoms with van der Waals surface area (Å²) < 4.78 is 48.3. The lowest BCUT2D eigenvalue weighted by molar-refractivity contribution is -0.173. The number of rotatable bonds is 4. The van der Waals surface area contributed by atoms with E-state index in [-0.39, 0.29) is 17.8 Å². The van der Waals surface area contributed by atoms with Crippen molar-refractivity contribution >= 4 is 28.1 Å². The Labute approximate surface area is 203 Å². The third-order valence-corrected chi connectivity index (χ3v) is 7.71. The first-order chi connectivity index (χ1) is 16.8. The average molecular weight is 502 g/mol. The van der Waals surface area contributed by atoms with Gasteiger partial charge in [0.2, 0.25) is 0 Å². The number of anilines is 2. The highest BCUT2D eigenvalue weighted by Crippen LogP contribution is 2.46. The van der Waals surface area contributed by atoms with Gasteiger partial charge in [-0.05, 0) is 37.3 Å². The van der Waals surface area contributed by atoms with Crippen molar-refractivity contribution in [2.45, 2.75) is 50.4 Å². The lowest BCUT2D eigenvalue weighted by atomic mass is 9.95. The van der Waals surface area contributed by atoms with Crippen LogP contribution in [-0.2, 0) is 12.8 Å². The van der Waals surface area contributed by atoms with Crippen LogP contribution in [0.1, 0.15) is 63.3 Å². The highest BCUT2D eigenvalue weighted by molar-refractivity contribution is 7.16. The fourth-order valence-electron chi connectivity index (χ4n) is 4.83. The number of para-hydroxylation sites is 1. The summed E-state index contributed by atoms with van der Waals surface area (Å²) in [6.45, 7) is 0. The van der Waals surface area contributed by atoms with Gasteiger partial charge in [0.25, 0.3) is 5.91 Å². The molecule has 3 heterocycles. The molecule has 0 saturated heterocycles. The number of aryl methyl sites for hydroxylation is 1. The van der Waals surface area contributed by atoms with E-state index in [2.05, 4.69) is 21.8 Å². The van der Waals surface area contributed by atoms with Crippen molar-refractivity contribution < 1.29 is 22.7 Å². The number of alkyl halides is 3. The minimum atomic E-state index is -4.57. The van der Waals surface area contributed by atoms with Crippen LogP contribution >= 0.6 is 11.3 Å². The summed E-state index contributed by atoms with van der Waals surface area (Å²) in [5.74, 6) is -0.185. The predicted octanol–water partition coefficient (Wildman–Crippen LogP) is 5.62. The van der Waals surface area contributed by atoms with E-state index < -0.39 is 24.2 Å². The van der Waals surface area contributed by atoms with Crippen LogP contribution in [0, 0.1) is 11.3 Å². The number of amides is 1. The first kappa shape index (κ1) is 23.2. The summed E-state index contributed by atoms with van der Waals surface area (Å²) in [7, 11) is 1.46. The molecule has 2 aliphatic rings. The van der Waals surface area contributed by atoms with Crippen LogP contribution in [0.4, 0.5) is 24.0 Å². The van der Waals surface area contributed by atoms with E-state index in [1.807, 2.05) is 0 Å². The Morgan fingerprint density at radius 1 is 1.31 bits per heavy atom. The molecule has 0 saturated carbocycles. The summed E-state index contributed by atoms with van der Waals surface area (Å²) in [6, 6.07) is 6.36. The number of aromatic nitrogens is 2. The highest BCUT2D eigenvalue weighted by atomic mass is 32.1. The summed E-state index contributed by atoms with van der Waals surface area (Å²) >= 11 is 1.36. The van der Waals surface area contributed by atoms with E-state index in [0.717, 1.165) is 47.0 Å². The van der Waals surface area contributed by atoms with Gasteiger partial charge >= 0.3 is 6.18 Å². The Morgan fingerprint density at radius 3 is 2.83 bits per heavy atom. The van der Waals surface area contributed by atoms with E-state index in [9.17, 15) is 23.2 Å². The van der Waals surface area contributed by atoms with E-state index in [1.54, 1.807) is 24.3 Å².